The summed E-state index contributed by atoms with van der Waals surface area (Å²) in [6.07, 6.45) is -0.0150. The van der Waals surface area contributed by atoms with Crippen LogP contribution in [-0.4, -0.2) is 16.7 Å². The molecule has 118 valence electrons. The van der Waals surface area contributed by atoms with Gasteiger partial charge in [-0.3, -0.25) is 30.6 Å². The van der Waals surface area contributed by atoms with Crippen molar-refractivity contribution in [1.29, 1.82) is 0 Å². The van der Waals surface area contributed by atoms with Gasteiger partial charge >= 0.3 is 0 Å². The molecule has 0 aliphatic carbocycles. The standard InChI is InChI=1S/C15H12ClN3O4/c16-12-5-3-11(4-6-12)15(21)18-17-14(20)9-10-1-7-13(8-2-10)19(22)23/h1-8H,9H2,(H,17,20)(H,18,21). The van der Waals surface area contributed by atoms with E-state index in [1.807, 2.05) is 0 Å². The molecule has 0 heterocycles. The third-order valence-corrected chi connectivity index (χ3v) is 3.19. The van der Waals surface area contributed by atoms with Crippen molar-refractivity contribution in [3.05, 3.63) is 74.8 Å². The summed E-state index contributed by atoms with van der Waals surface area (Å²) in [6.45, 7) is 0. The predicted molar refractivity (Wildman–Crippen MR) is 83.9 cm³/mol. The van der Waals surface area contributed by atoms with E-state index in [0.29, 0.717) is 16.1 Å². The Hall–Kier alpha value is -2.93. The van der Waals surface area contributed by atoms with Crippen molar-refractivity contribution >= 4 is 29.1 Å². The largest absolute Gasteiger partial charge is 0.273 e. The number of carbonyl (C=O) groups excluding carboxylic acids is 2. The van der Waals surface area contributed by atoms with Gasteiger partial charge in [0.25, 0.3) is 11.6 Å². The minimum absolute atomic E-state index is 0.0150. The number of rotatable bonds is 4. The quantitative estimate of drug-likeness (QED) is 0.661. The molecule has 2 rings (SSSR count). The maximum Gasteiger partial charge on any atom is 0.269 e. The van der Waals surface area contributed by atoms with Gasteiger partial charge in [0, 0.05) is 22.7 Å². The second kappa shape index (κ2) is 7.37. The summed E-state index contributed by atoms with van der Waals surface area (Å²) >= 11 is 5.72. The first-order chi connectivity index (χ1) is 11.0. The number of halogens is 1. The summed E-state index contributed by atoms with van der Waals surface area (Å²) in [4.78, 5) is 33.5. The van der Waals surface area contributed by atoms with Crippen molar-refractivity contribution in [2.24, 2.45) is 0 Å². The molecule has 8 heteroatoms. The van der Waals surface area contributed by atoms with Crippen molar-refractivity contribution in [3.8, 4) is 0 Å². The summed E-state index contributed by atoms with van der Waals surface area (Å²) in [6, 6.07) is 11.8. The van der Waals surface area contributed by atoms with Crippen LogP contribution in [0.4, 0.5) is 5.69 Å². The second-order valence-corrected chi connectivity index (χ2v) is 5.05. The van der Waals surface area contributed by atoms with Crippen molar-refractivity contribution in [2.75, 3.05) is 0 Å². The highest BCUT2D eigenvalue weighted by Gasteiger charge is 2.09. The Morgan fingerprint density at radius 2 is 1.61 bits per heavy atom. The number of hydrogen-bond acceptors (Lipinski definition) is 4. The fraction of sp³-hybridized carbons (Fsp3) is 0.0667. The van der Waals surface area contributed by atoms with Gasteiger partial charge in [-0.25, -0.2) is 0 Å². The van der Waals surface area contributed by atoms with Crippen LogP contribution in [0, 0.1) is 10.1 Å². The Morgan fingerprint density at radius 3 is 2.17 bits per heavy atom. The van der Waals surface area contributed by atoms with Gasteiger partial charge in [0.05, 0.1) is 11.3 Å². The van der Waals surface area contributed by atoms with E-state index >= 15 is 0 Å². The number of carbonyl (C=O) groups is 2. The normalized spacial score (nSPS) is 9.96. The summed E-state index contributed by atoms with van der Waals surface area (Å²) in [5.41, 5.74) is 5.45. The molecule has 0 saturated carbocycles. The Kier molecular flexibility index (Phi) is 5.27. The molecule has 0 spiro atoms. The number of hydrogen-bond donors (Lipinski definition) is 2. The van der Waals surface area contributed by atoms with E-state index in [1.54, 1.807) is 12.1 Å². The van der Waals surface area contributed by atoms with Gasteiger partial charge in [-0.05, 0) is 29.8 Å². The van der Waals surface area contributed by atoms with E-state index in [2.05, 4.69) is 10.9 Å². The lowest BCUT2D eigenvalue weighted by atomic mass is 10.1. The van der Waals surface area contributed by atoms with Crippen LogP contribution in [0.1, 0.15) is 15.9 Å². The molecular formula is C15H12ClN3O4. The van der Waals surface area contributed by atoms with E-state index in [-0.39, 0.29) is 12.1 Å². The van der Waals surface area contributed by atoms with E-state index in [9.17, 15) is 19.7 Å². The minimum Gasteiger partial charge on any atom is -0.273 e. The molecular weight excluding hydrogens is 322 g/mol. The van der Waals surface area contributed by atoms with E-state index in [4.69, 9.17) is 11.6 Å². The Labute approximate surface area is 136 Å². The van der Waals surface area contributed by atoms with Crippen LogP contribution < -0.4 is 10.9 Å². The van der Waals surface area contributed by atoms with Crippen LogP contribution in [-0.2, 0) is 11.2 Å². The third-order valence-electron chi connectivity index (χ3n) is 2.93. The number of non-ortho nitro benzene ring substituents is 1. The first kappa shape index (κ1) is 16.4. The number of nitrogens with one attached hydrogen (secondary N) is 2. The highest BCUT2D eigenvalue weighted by molar-refractivity contribution is 6.30. The first-order valence-electron chi connectivity index (χ1n) is 6.54. The molecule has 0 radical (unpaired) electrons. The zero-order valence-corrected chi connectivity index (χ0v) is 12.5. The lowest BCUT2D eigenvalue weighted by Crippen LogP contribution is -2.42. The molecule has 0 aliphatic rings. The second-order valence-electron chi connectivity index (χ2n) is 4.61. The SMILES string of the molecule is O=C(Cc1ccc([N+](=O)[O-])cc1)NNC(=O)c1ccc(Cl)cc1. The van der Waals surface area contributed by atoms with Crippen LogP contribution in [0.15, 0.2) is 48.5 Å². The van der Waals surface area contributed by atoms with Crippen molar-refractivity contribution in [2.45, 2.75) is 6.42 Å². The minimum atomic E-state index is -0.518. The predicted octanol–water partition coefficient (Wildman–Crippen LogP) is 2.25. The lowest BCUT2D eigenvalue weighted by Gasteiger charge is -2.07. The Bertz CT molecular complexity index is 729. The highest BCUT2D eigenvalue weighted by Crippen LogP contribution is 2.12. The summed E-state index contributed by atoms with van der Waals surface area (Å²) in [5.74, 6) is -0.917. The molecule has 2 aromatic carbocycles. The number of nitro groups is 1. The van der Waals surface area contributed by atoms with Crippen molar-refractivity contribution in [1.82, 2.24) is 10.9 Å². The molecule has 2 N–H and O–H groups in total. The molecule has 0 aromatic heterocycles. The average molecular weight is 334 g/mol. The van der Waals surface area contributed by atoms with Gasteiger partial charge in [-0.2, -0.15) is 0 Å². The fourth-order valence-electron chi connectivity index (χ4n) is 1.77. The first-order valence-corrected chi connectivity index (χ1v) is 6.91. The van der Waals surface area contributed by atoms with Crippen LogP contribution >= 0.6 is 11.6 Å². The van der Waals surface area contributed by atoms with Crippen LogP contribution in [0.5, 0.6) is 0 Å². The zero-order chi connectivity index (χ0) is 16.8. The molecule has 0 saturated heterocycles. The monoisotopic (exact) mass is 333 g/mol. The average Bonchev–Trinajstić information content (AvgIpc) is 2.54. The topological polar surface area (TPSA) is 101 Å². The molecule has 7 nitrogen and oxygen atoms in total. The highest BCUT2D eigenvalue weighted by atomic mass is 35.5. The fourth-order valence-corrected chi connectivity index (χ4v) is 1.89. The van der Waals surface area contributed by atoms with Crippen molar-refractivity contribution < 1.29 is 14.5 Å². The third kappa shape index (κ3) is 4.79. The molecule has 2 aromatic rings. The maximum atomic E-state index is 11.8. The number of amides is 2. The zero-order valence-electron chi connectivity index (χ0n) is 11.8. The number of nitrogens with zero attached hydrogens (tertiary/aromatic N) is 1. The van der Waals surface area contributed by atoms with Crippen LogP contribution in [0.2, 0.25) is 5.02 Å². The van der Waals surface area contributed by atoms with E-state index < -0.39 is 16.7 Å². The smallest absolute Gasteiger partial charge is 0.269 e. The maximum absolute atomic E-state index is 11.8. The molecule has 0 unspecified atom stereocenters. The van der Waals surface area contributed by atoms with Crippen molar-refractivity contribution in [3.63, 3.8) is 0 Å². The molecule has 0 atom stereocenters. The number of nitro benzene ring substituents is 1. The molecule has 0 fully saturated rings. The Balaban J connectivity index is 1.86. The summed E-state index contributed by atoms with van der Waals surface area (Å²) in [5, 5.41) is 11.0. The Morgan fingerprint density at radius 1 is 1.00 bits per heavy atom. The van der Waals surface area contributed by atoms with Crippen LogP contribution in [0.3, 0.4) is 0 Å². The van der Waals surface area contributed by atoms with E-state index in [1.165, 1.54) is 36.4 Å². The van der Waals surface area contributed by atoms with Crippen LogP contribution in [0.25, 0.3) is 0 Å². The number of hydrazine groups is 1. The molecule has 0 bridgehead atoms. The van der Waals surface area contributed by atoms with E-state index in [0.717, 1.165) is 0 Å². The van der Waals surface area contributed by atoms with Gasteiger partial charge in [0.2, 0.25) is 5.91 Å². The van der Waals surface area contributed by atoms with Gasteiger partial charge < -0.3 is 0 Å². The molecule has 2 amide bonds. The lowest BCUT2D eigenvalue weighted by molar-refractivity contribution is -0.384. The van der Waals surface area contributed by atoms with Gasteiger partial charge in [0.1, 0.15) is 0 Å². The number of benzene rings is 2. The van der Waals surface area contributed by atoms with Gasteiger partial charge in [-0.1, -0.05) is 23.7 Å². The molecule has 0 aliphatic heterocycles. The molecule has 23 heavy (non-hydrogen) atoms. The summed E-state index contributed by atoms with van der Waals surface area (Å²) < 4.78 is 0. The van der Waals surface area contributed by atoms with Gasteiger partial charge in [0.15, 0.2) is 0 Å². The van der Waals surface area contributed by atoms with Gasteiger partial charge in [-0.15, -0.1) is 0 Å². The summed E-state index contributed by atoms with van der Waals surface area (Å²) in [7, 11) is 0.